The van der Waals surface area contributed by atoms with Crippen molar-refractivity contribution in [3.63, 3.8) is 0 Å². The maximum absolute atomic E-state index is 12.8. The van der Waals surface area contributed by atoms with Crippen molar-refractivity contribution in [3.05, 3.63) is 35.0 Å². The topological polar surface area (TPSA) is 38.9 Å². The van der Waals surface area contributed by atoms with Gasteiger partial charge in [-0.05, 0) is 30.7 Å². The van der Waals surface area contributed by atoms with Crippen LogP contribution in [0.15, 0.2) is 24.3 Å². The van der Waals surface area contributed by atoms with Crippen molar-refractivity contribution in [2.45, 2.75) is 6.42 Å². The molecule has 0 saturated carbocycles. The number of aryl methyl sites for hydroxylation is 1. The number of nitrogens with zero attached hydrogens (tertiary/aromatic N) is 1. The average Bonchev–Trinajstić information content (AvgIpc) is 2.61. The Bertz CT molecular complexity index is 487. The van der Waals surface area contributed by atoms with E-state index in [0.29, 0.717) is 11.0 Å². The highest BCUT2D eigenvalue weighted by Gasteiger charge is 2.11. The van der Waals surface area contributed by atoms with E-state index >= 15 is 0 Å². The molecule has 2 nitrogen and oxygen atoms in total. The molecule has 17 heavy (non-hydrogen) atoms. The predicted molar refractivity (Wildman–Crippen MR) is 76.7 cm³/mol. The fraction of sp³-hybridized carbons (Fsp3) is 0.182. The molecule has 0 bridgehead atoms. The van der Waals surface area contributed by atoms with E-state index in [1.165, 1.54) is 23.5 Å². The molecule has 0 spiro atoms. The highest BCUT2D eigenvalue weighted by Crippen LogP contribution is 2.30. The summed E-state index contributed by atoms with van der Waals surface area (Å²) < 4.78 is 12.8. The molecular formula is C11H11BrClFN2S. The molecule has 0 aliphatic heterocycles. The summed E-state index contributed by atoms with van der Waals surface area (Å²) in [6.07, 6.45) is 0.725. The smallest absolute Gasteiger partial charge is 0.180 e. The molecule has 0 aliphatic rings. The number of nitrogen functional groups attached to an aromatic ring is 1. The third kappa shape index (κ3) is 3.40. The Kier molecular flexibility index (Phi) is 5.36. The third-order valence-electron chi connectivity index (χ3n) is 2.15. The second-order valence-electron chi connectivity index (χ2n) is 3.27. The van der Waals surface area contributed by atoms with E-state index in [1.54, 1.807) is 12.1 Å². The van der Waals surface area contributed by atoms with Gasteiger partial charge in [0.1, 0.15) is 5.82 Å². The number of nitrogens with two attached hydrogens (primary N) is 1. The highest BCUT2D eigenvalue weighted by atomic mass is 79.9. The van der Waals surface area contributed by atoms with Crippen molar-refractivity contribution in [2.75, 3.05) is 11.6 Å². The zero-order valence-electron chi connectivity index (χ0n) is 8.82. The van der Waals surface area contributed by atoms with Gasteiger partial charge >= 0.3 is 0 Å². The minimum absolute atomic E-state index is 0. The summed E-state index contributed by atoms with van der Waals surface area (Å²) in [5.41, 5.74) is 7.35. The number of hydrogen-bond acceptors (Lipinski definition) is 3. The van der Waals surface area contributed by atoms with E-state index in [4.69, 9.17) is 17.3 Å². The third-order valence-corrected chi connectivity index (χ3v) is 3.29. The molecule has 2 rings (SSSR count). The number of halogens is 3. The second-order valence-corrected chi connectivity index (χ2v) is 4.76. The molecular weight excluding hydrogens is 327 g/mol. The Morgan fingerprint density at radius 1 is 1.29 bits per heavy atom. The van der Waals surface area contributed by atoms with Gasteiger partial charge in [-0.15, -0.1) is 39.9 Å². The van der Waals surface area contributed by atoms with Crippen molar-refractivity contribution in [1.29, 1.82) is 0 Å². The Morgan fingerprint density at radius 3 is 2.53 bits per heavy atom. The molecule has 0 fully saturated rings. The van der Waals surface area contributed by atoms with E-state index in [2.05, 4.69) is 4.98 Å². The maximum Gasteiger partial charge on any atom is 0.180 e. The van der Waals surface area contributed by atoms with Gasteiger partial charge in [0.15, 0.2) is 5.13 Å². The Balaban J connectivity index is 0.00000144. The first kappa shape index (κ1) is 14.4. The SMILES string of the molecule is Br.Nc1nc(-c2ccc(F)cc2)c(CCCl)s1. The molecule has 2 N–H and O–H groups in total. The van der Waals surface area contributed by atoms with E-state index in [0.717, 1.165) is 22.6 Å². The van der Waals surface area contributed by atoms with Crippen molar-refractivity contribution in [1.82, 2.24) is 4.98 Å². The summed E-state index contributed by atoms with van der Waals surface area (Å²) in [6, 6.07) is 6.22. The molecule has 2 aromatic rings. The van der Waals surface area contributed by atoms with Gasteiger partial charge in [-0.25, -0.2) is 9.37 Å². The van der Waals surface area contributed by atoms with Gasteiger partial charge in [-0.3, -0.25) is 0 Å². The molecule has 6 heteroatoms. The van der Waals surface area contributed by atoms with Gasteiger partial charge in [0.2, 0.25) is 0 Å². The van der Waals surface area contributed by atoms with Crippen molar-refractivity contribution < 1.29 is 4.39 Å². The van der Waals surface area contributed by atoms with Gasteiger partial charge in [-0.2, -0.15) is 0 Å². The van der Waals surface area contributed by atoms with Crippen molar-refractivity contribution in [2.24, 2.45) is 0 Å². The van der Waals surface area contributed by atoms with Gasteiger partial charge in [0.05, 0.1) is 5.69 Å². The van der Waals surface area contributed by atoms with Gasteiger partial charge < -0.3 is 5.73 Å². The number of aromatic nitrogens is 1. The van der Waals surface area contributed by atoms with Crippen molar-refractivity contribution >= 4 is 45.1 Å². The zero-order chi connectivity index (χ0) is 11.5. The van der Waals surface area contributed by atoms with E-state index < -0.39 is 0 Å². The van der Waals surface area contributed by atoms with Crippen LogP contribution in [0, 0.1) is 5.82 Å². The minimum Gasteiger partial charge on any atom is -0.375 e. The van der Waals surface area contributed by atoms with Crippen LogP contribution in [0.1, 0.15) is 4.88 Å². The normalized spacial score (nSPS) is 10.0. The molecule has 0 aliphatic carbocycles. The molecule has 0 saturated heterocycles. The fourth-order valence-corrected chi connectivity index (χ4v) is 2.61. The lowest BCUT2D eigenvalue weighted by Crippen LogP contribution is -1.88. The highest BCUT2D eigenvalue weighted by molar-refractivity contribution is 8.93. The average molecular weight is 338 g/mol. The maximum atomic E-state index is 12.8. The predicted octanol–water partition coefficient (Wildman–Crippen LogP) is 3.89. The number of rotatable bonds is 3. The summed E-state index contributed by atoms with van der Waals surface area (Å²) in [5, 5.41) is 0.513. The first-order chi connectivity index (χ1) is 7.70. The van der Waals surface area contributed by atoms with Gasteiger partial charge in [-0.1, -0.05) is 0 Å². The lowest BCUT2D eigenvalue weighted by molar-refractivity contribution is 0.628. The molecule has 1 aromatic heterocycles. The van der Waals surface area contributed by atoms with Crippen LogP contribution in [0.25, 0.3) is 11.3 Å². The fourth-order valence-electron chi connectivity index (χ4n) is 1.46. The van der Waals surface area contributed by atoms with Crippen LogP contribution < -0.4 is 5.73 Å². The second kappa shape index (κ2) is 6.33. The Labute approximate surface area is 118 Å². The summed E-state index contributed by atoms with van der Waals surface area (Å²) >= 11 is 7.13. The van der Waals surface area contributed by atoms with Gasteiger partial charge in [0, 0.05) is 16.3 Å². The standard InChI is InChI=1S/C11H10ClFN2S.BrH/c12-6-5-9-10(15-11(14)16-9)7-1-3-8(13)4-2-7;/h1-4H,5-6H2,(H2,14,15);1H. The largest absolute Gasteiger partial charge is 0.375 e. The number of anilines is 1. The number of hydrogen-bond donors (Lipinski definition) is 1. The summed E-state index contributed by atoms with van der Waals surface area (Å²) in [7, 11) is 0. The van der Waals surface area contributed by atoms with Crippen LogP contribution in [0.5, 0.6) is 0 Å². The number of thiazole rings is 1. The monoisotopic (exact) mass is 336 g/mol. The van der Waals surface area contributed by atoms with Crippen LogP contribution >= 0.6 is 39.9 Å². The lowest BCUT2D eigenvalue weighted by atomic mass is 10.1. The molecule has 0 unspecified atom stereocenters. The number of alkyl halides is 1. The quantitative estimate of drug-likeness (QED) is 0.863. The van der Waals surface area contributed by atoms with E-state index in [1.807, 2.05) is 0 Å². The molecule has 1 aromatic carbocycles. The lowest BCUT2D eigenvalue weighted by Gasteiger charge is -2.00. The van der Waals surface area contributed by atoms with E-state index in [-0.39, 0.29) is 22.8 Å². The zero-order valence-corrected chi connectivity index (χ0v) is 12.1. The molecule has 1 heterocycles. The molecule has 92 valence electrons. The Morgan fingerprint density at radius 2 is 1.94 bits per heavy atom. The van der Waals surface area contributed by atoms with Crippen LogP contribution in [-0.4, -0.2) is 10.9 Å². The molecule has 0 atom stereocenters. The van der Waals surface area contributed by atoms with Crippen LogP contribution in [0.3, 0.4) is 0 Å². The van der Waals surface area contributed by atoms with Crippen LogP contribution in [0.2, 0.25) is 0 Å². The summed E-state index contributed by atoms with van der Waals surface area (Å²) in [4.78, 5) is 5.29. The molecule has 0 amide bonds. The van der Waals surface area contributed by atoms with Crippen LogP contribution in [0.4, 0.5) is 9.52 Å². The summed E-state index contributed by atoms with van der Waals surface area (Å²) in [6.45, 7) is 0. The number of benzene rings is 1. The van der Waals surface area contributed by atoms with Gasteiger partial charge in [0.25, 0.3) is 0 Å². The Hall–Kier alpha value is -0.650. The van der Waals surface area contributed by atoms with E-state index in [9.17, 15) is 4.39 Å². The first-order valence-electron chi connectivity index (χ1n) is 4.78. The van der Waals surface area contributed by atoms with Crippen LogP contribution in [-0.2, 0) is 6.42 Å². The minimum atomic E-state index is -0.258. The first-order valence-corrected chi connectivity index (χ1v) is 6.13. The molecule has 0 radical (unpaired) electrons. The summed E-state index contributed by atoms with van der Waals surface area (Å²) in [5.74, 6) is 0.265. The van der Waals surface area contributed by atoms with Crippen molar-refractivity contribution in [3.8, 4) is 11.3 Å².